The molecule has 2 aromatic rings. The Morgan fingerprint density at radius 1 is 1.11 bits per heavy atom. The predicted molar refractivity (Wildman–Crippen MR) is 128 cm³/mol. The van der Waals surface area contributed by atoms with Crippen molar-refractivity contribution in [3.63, 3.8) is 0 Å². The average Bonchev–Trinajstić information content (AvgIpc) is 3.32. The lowest BCUT2D eigenvalue weighted by Gasteiger charge is -2.34. The summed E-state index contributed by atoms with van der Waals surface area (Å²) in [7, 11) is -1.10. The second-order valence-electron chi connectivity index (χ2n) is 8.59. The SMILES string of the molecule is CC.O=S(C1CCCNC1)N1CCC(Nc2ncc(C(F)(F)F)c(-c3cnn(CC(F)(F)F)c3)n2)CC1. The number of piperidine rings is 2. The topological polar surface area (TPSA) is 88.0 Å². The summed E-state index contributed by atoms with van der Waals surface area (Å²) < 4.78 is 93.7. The lowest BCUT2D eigenvalue weighted by molar-refractivity contribution is -0.142. The number of anilines is 1. The molecule has 4 rings (SSSR count). The van der Waals surface area contributed by atoms with Gasteiger partial charge in [-0.15, -0.1) is 0 Å². The van der Waals surface area contributed by atoms with E-state index in [4.69, 9.17) is 0 Å². The van der Waals surface area contributed by atoms with E-state index < -0.39 is 41.1 Å². The molecular formula is C22H31F6N7OS. The van der Waals surface area contributed by atoms with Crippen LogP contribution in [0.25, 0.3) is 11.3 Å². The van der Waals surface area contributed by atoms with Crippen LogP contribution in [0.4, 0.5) is 32.3 Å². The summed E-state index contributed by atoms with van der Waals surface area (Å²) in [5, 5.41) is 9.87. The molecule has 4 heterocycles. The van der Waals surface area contributed by atoms with Crippen LogP contribution in [0, 0.1) is 0 Å². The van der Waals surface area contributed by atoms with Crippen LogP contribution in [0.2, 0.25) is 0 Å². The average molecular weight is 556 g/mol. The number of rotatable bonds is 6. The van der Waals surface area contributed by atoms with Gasteiger partial charge in [0.25, 0.3) is 0 Å². The number of alkyl halides is 6. The fourth-order valence-corrected chi connectivity index (χ4v) is 5.82. The van der Waals surface area contributed by atoms with Crippen LogP contribution in [0.5, 0.6) is 0 Å². The lowest BCUT2D eigenvalue weighted by atomic mass is 10.1. The molecule has 0 spiro atoms. The Hall–Kier alpha value is -2.26. The van der Waals surface area contributed by atoms with Crippen molar-refractivity contribution in [2.75, 3.05) is 31.5 Å². The van der Waals surface area contributed by atoms with Crippen LogP contribution in [0.1, 0.15) is 45.1 Å². The number of hydrogen-bond donors (Lipinski definition) is 2. The third kappa shape index (κ3) is 8.11. The van der Waals surface area contributed by atoms with E-state index in [9.17, 15) is 30.6 Å². The van der Waals surface area contributed by atoms with Crippen molar-refractivity contribution in [1.82, 2.24) is 29.4 Å². The fraction of sp³-hybridized carbons (Fsp3) is 0.682. The van der Waals surface area contributed by atoms with Gasteiger partial charge in [0.1, 0.15) is 12.1 Å². The Labute approximate surface area is 213 Å². The minimum atomic E-state index is -4.80. The van der Waals surface area contributed by atoms with E-state index in [0.717, 1.165) is 31.8 Å². The maximum absolute atomic E-state index is 13.5. The van der Waals surface area contributed by atoms with Crippen LogP contribution in [-0.2, 0) is 23.7 Å². The van der Waals surface area contributed by atoms with Gasteiger partial charge >= 0.3 is 12.4 Å². The highest BCUT2D eigenvalue weighted by Gasteiger charge is 2.37. The number of hydrogen-bond acceptors (Lipinski definition) is 6. The van der Waals surface area contributed by atoms with E-state index in [1.807, 2.05) is 18.2 Å². The number of nitrogens with zero attached hydrogens (tertiary/aromatic N) is 5. The van der Waals surface area contributed by atoms with Gasteiger partial charge in [-0.25, -0.2) is 18.5 Å². The van der Waals surface area contributed by atoms with Crippen LogP contribution in [-0.4, -0.2) is 71.9 Å². The van der Waals surface area contributed by atoms with E-state index in [2.05, 4.69) is 25.7 Å². The van der Waals surface area contributed by atoms with Crippen molar-refractivity contribution in [2.45, 2.75) is 69.7 Å². The highest BCUT2D eigenvalue weighted by Crippen LogP contribution is 2.36. The van der Waals surface area contributed by atoms with E-state index in [-0.39, 0.29) is 22.8 Å². The number of aromatic nitrogens is 4. The molecule has 0 aromatic carbocycles. The molecule has 0 amide bonds. The Bertz CT molecular complexity index is 1030. The molecule has 2 aromatic heterocycles. The third-order valence-corrected chi connectivity index (χ3v) is 7.77. The van der Waals surface area contributed by atoms with Crippen molar-refractivity contribution >= 4 is 16.9 Å². The first kappa shape index (κ1) is 29.3. The minimum Gasteiger partial charge on any atom is -0.351 e. The van der Waals surface area contributed by atoms with Gasteiger partial charge in [0.2, 0.25) is 5.95 Å². The largest absolute Gasteiger partial charge is 0.419 e. The van der Waals surface area contributed by atoms with Gasteiger partial charge in [-0.05, 0) is 32.2 Å². The van der Waals surface area contributed by atoms with Crippen LogP contribution in [0.15, 0.2) is 18.6 Å². The van der Waals surface area contributed by atoms with E-state index >= 15 is 0 Å². The smallest absolute Gasteiger partial charge is 0.351 e. The second kappa shape index (κ2) is 12.5. The Morgan fingerprint density at radius 3 is 2.41 bits per heavy atom. The van der Waals surface area contributed by atoms with Crippen molar-refractivity contribution in [3.8, 4) is 11.3 Å². The molecule has 2 aliphatic rings. The summed E-state index contributed by atoms with van der Waals surface area (Å²) in [5.74, 6) is -0.0624. The van der Waals surface area contributed by atoms with Gasteiger partial charge in [0.15, 0.2) is 0 Å². The molecule has 2 N–H and O–H groups in total. The van der Waals surface area contributed by atoms with Crippen LogP contribution < -0.4 is 10.6 Å². The molecule has 2 fully saturated rings. The van der Waals surface area contributed by atoms with Crippen LogP contribution in [0.3, 0.4) is 0 Å². The summed E-state index contributed by atoms with van der Waals surface area (Å²) in [4.78, 5) is 7.77. The highest BCUT2D eigenvalue weighted by atomic mass is 32.2. The summed E-state index contributed by atoms with van der Waals surface area (Å²) in [6, 6.07) is -0.148. The van der Waals surface area contributed by atoms with E-state index in [1.165, 1.54) is 0 Å². The molecule has 2 unspecified atom stereocenters. The summed E-state index contributed by atoms with van der Waals surface area (Å²) in [6.07, 6.45) is -3.89. The van der Waals surface area contributed by atoms with Gasteiger partial charge in [-0.3, -0.25) is 4.68 Å². The van der Waals surface area contributed by atoms with E-state index in [0.29, 0.717) is 43.4 Å². The lowest BCUT2D eigenvalue weighted by Crippen LogP contribution is -2.46. The zero-order valence-electron chi connectivity index (χ0n) is 20.6. The number of nitrogens with one attached hydrogen (secondary N) is 2. The second-order valence-corrected chi connectivity index (χ2v) is 10.3. The molecular weight excluding hydrogens is 524 g/mol. The first-order valence-electron chi connectivity index (χ1n) is 12.2. The zero-order valence-corrected chi connectivity index (χ0v) is 21.4. The molecule has 37 heavy (non-hydrogen) atoms. The van der Waals surface area contributed by atoms with E-state index in [1.54, 1.807) is 0 Å². The van der Waals surface area contributed by atoms with Gasteiger partial charge in [-0.1, -0.05) is 13.8 Å². The number of halogens is 6. The Kier molecular flexibility index (Phi) is 9.92. The molecule has 2 atom stereocenters. The summed E-state index contributed by atoms with van der Waals surface area (Å²) in [5.41, 5.74) is -1.91. The van der Waals surface area contributed by atoms with Crippen molar-refractivity contribution in [1.29, 1.82) is 0 Å². The highest BCUT2D eigenvalue weighted by molar-refractivity contribution is 7.83. The Balaban J connectivity index is 0.00000186. The minimum absolute atomic E-state index is 0.0624. The molecule has 8 nitrogen and oxygen atoms in total. The monoisotopic (exact) mass is 555 g/mol. The van der Waals surface area contributed by atoms with Gasteiger partial charge in [0.05, 0.1) is 28.1 Å². The Morgan fingerprint density at radius 2 is 1.81 bits per heavy atom. The molecule has 2 saturated heterocycles. The quantitative estimate of drug-likeness (QED) is 0.519. The first-order chi connectivity index (χ1) is 17.5. The molecule has 0 saturated carbocycles. The van der Waals surface area contributed by atoms with Gasteiger partial charge in [0, 0.05) is 43.6 Å². The van der Waals surface area contributed by atoms with Crippen molar-refractivity contribution in [3.05, 3.63) is 24.2 Å². The third-order valence-electron chi connectivity index (χ3n) is 5.92. The van der Waals surface area contributed by atoms with Gasteiger partial charge in [-0.2, -0.15) is 31.4 Å². The first-order valence-corrected chi connectivity index (χ1v) is 13.3. The molecule has 2 aliphatic heterocycles. The molecule has 15 heteroatoms. The van der Waals surface area contributed by atoms with Crippen molar-refractivity contribution in [2.24, 2.45) is 0 Å². The zero-order chi connectivity index (χ0) is 27.2. The summed E-state index contributed by atoms with van der Waals surface area (Å²) >= 11 is 0. The van der Waals surface area contributed by atoms with Gasteiger partial charge < -0.3 is 10.6 Å². The maximum atomic E-state index is 13.5. The summed E-state index contributed by atoms with van der Waals surface area (Å²) in [6.45, 7) is 5.32. The normalized spacial score (nSPS) is 20.7. The van der Waals surface area contributed by atoms with Crippen molar-refractivity contribution < 1.29 is 30.6 Å². The maximum Gasteiger partial charge on any atom is 0.419 e. The molecule has 0 bridgehead atoms. The predicted octanol–water partition coefficient (Wildman–Crippen LogP) is 4.24. The van der Waals surface area contributed by atoms with Crippen LogP contribution >= 0.6 is 0 Å². The molecule has 0 aliphatic carbocycles. The fourth-order valence-electron chi connectivity index (χ4n) is 4.20. The molecule has 0 radical (unpaired) electrons. The molecule has 208 valence electrons. The standard InChI is InChI=1S/C20H25F6N7OS.C2H6/c21-19(22,23)12-32-11-13(8-29-32)17-16(20(24,25)26)10-28-18(31-17)30-14-3-6-33(7-4-14)35(34)15-2-1-5-27-9-15;1-2/h8,10-11,14-15,27H,1-7,9,12H2,(H,28,30,31);1-2H3.